The molecule has 0 radical (unpaired) electrons. The number of anilines is 1. The molecule has 0 atom stereocenters. The van der Waals surface area contributed by atoms with Crippen LogP contribution in [0.25, 0.3) is 0 Å². The number of imidazole rings is 1. The third-order valence-electron chi connectivity index (χ3n) is 2.00. The Balaban J connectivity index is 2.62. The summed E-state index contributed by atoms with van der Waals surface area (Å²) in [5.74, 6) is 1.53. The minimum atomic E-state index is 0.594. The molecule has 1 aromatic rings. The summed E-state index contributed by atoms with van der Waals surface area (Å²) in [7, 11) is 3.66. The van der Waals surface area contributed by atoms with Gasteiger partial charge in [-0.25, -0.2) is 4.98 Å². The molecule has 0 aliphatic rings. The lowest BCUT2D eigenvalue weighted by Crippen LogP contribution is -2.31. The predicted octanol–water partition coefficient (Wildman–Crippen LogP) is 1.11. The Morgan fingerprint density at radius 1 is 1.57 bits per heavy atom. The highest BCUT2D eigenvalue weighted by molar-refractivity contribution is 6.18. The molecule has 14 heavy (non-hydrogen) atoms. The van der Waals surface area contributed by atoms with Gasteiger partial charge in [-0.05, 0) is 0 Å². The first-order valence-electron chi connectivity index (χ1n) is 4.56. The van der Waals surface area contributed by atoms with Crippen molar-refractivity contribution in [1.82, 2.24) is 9.55 Å². The highest BCUT2D eigenvalue weighted by Crippen LogP contribution is 2.09. The molecular weight excluding hydrogens is 202 g/mol. The van der Waals surface area contributed by atoms with Crippen molar-refractivity contribution in [2.75, 3.05) is 37.6 Å². The van der Waals surface area contributed by atoms with Crippen LogP contribution in [0.2, 0.25) is 0 Å². The molecule has 0 aliphatic heterocycles. The monoisotopic (exact) mass is 217 g/mol. The molecule has 4 nitrogen and oxygen atoms in total. The number of aromatic nitrogens is 2. The molecule has 80 valence electrons. The van der Waals surface area contributed by atoms with Crippen LogP contribution >= 0.6 is 11.6 Å². The summed E-state index contributed by atoms with van der Waals surface area (Å²) in [5.41, 5.74) is 0. The van der Waals surface area contributed by atoms with Crippen LogP contribution in [0.1, 0.15) is 0 Å². The summed E-state index contributed by atoms with van der Waals surface area (Å²) in [4.78, 5) is 6.37. The van der Waals surface area contributed by atoms with Crippen molar-refractivity contribution in [2.45, 2.75) is 0 Å². The topological polar surface area (TPSA) is 30.3 Å². The number of ether oxygens (including phenoxy) is 1. The molecule has 0 aromatic carbocycles. The van der Waals surface area contributed by atoms with Crippen LogP contribution in [0.15, 0.2) is 12.4 Å². The quantitative estimate of drug-likeness (QED) is 0.669. The van der Waals surface area contributed by atoms with Crippen molar-refractivity contribution >= 4 is 17.5 Å². The molecule has 1 aromatic heterocycles. The fourth-order valence-electron chi connectivity index (χ4n) is 1.28. The average Bonchev–Trinajstić information content (AvgIpc) is 2.59. The number of alkyl halides is 1. The Kier molecular flexibility index (Phi) is 4.76. The van der Waals surface area contributed by atoms with Crippen LogP contribution in [0, 0.1) is 0 Å². The van der Waals surface area contributed by atoms with Crippen molar-refractivity contribution in [3.8, 4) is 0 Å². The summed E-state index contributed by atoms with van der Waals surface area (Å²) in [6.07, 6.45) is 3.70. The molecule has 0 aliphatic carbocycles. The second-order valence-electron chi connectivity index (χ2n) is 3.01. The summed E-state index contributed by atoms with van der Waals surface area (Å²) in [5, 5.41) is 0. The van der Waals surface area contributed by atoms with E-state index in [4.69, 9.17) is 16.3 Å². The standard InChI is InChI=1S/C9H16ClN3O/c1-12-6-4-11-9(12)13(5-3-10)7-8-14-2/h4,6H,3,5,7-8H2,1-2H3. The van der Waals surface area contributed by atoms with Gasteiger partial charge in [0.05, 0.1) is 6.61 Å². The third kappa shape index (κ3) is 2.89. The van der Waals surface area contributed by atoms with E-state index in [0.29, 0.717) is 12.5 Å². The number of halogens is 1. The van der Waals surface area contributed by atoms with Crippen molar-refractivity contribution < 1.29 is 4.74 Å². The van der Waals surface area contributed by atoms with Crippen molar-refractivity contribution in [3.05, 3.63) is 12.4 Å². The Morgan fingerprint density at radius 3 is 2.86 bits per heavy atom. The summed E-state index contributed by atoms with van der Waals surface area (Å²) >= 11 is 5.72. The van der Waals surface area contributed by atoms with E-state index >= 15 is 0 Å². The Hall–Kier alpha value is -0.740. The number of hydrogen-bond donors (Lipinski definition) is 0. The van der Waals surface area contributed by atoms with Gasteiger partial charge in [-0.2, -0.15) is 0 Å². The van der Waals surface area contributed by atoms with E-state index < -0.39 is 0 Å². The minimum absolute atomic E-state index is 0.594. The van der Waals surface area contributed by atoms with Gasteiger partial charge in [-0.3, -0.25) is 0 Å². The molecule has 1 heterocycles. The van der Waals surface area contributed by atoms with Crippen LogP contribution in [0.4, 0.5) is 5.95 Å². The van der Waals surface area contributed by atoms with Crippen molar-refractivity contribution in [3.63, 3.8) is 0 Å². The zero-order chi connectivity index (χ0) is 10.4. The van der Waals surface area contributed by atoms with Gasteiger partial charge in [0.15, 0.2) is 0 Å². The molecule has 5 heteroatoms. The highest BCUT2D eigenvalue weighted by Gasteiger charge is 2.09. The van der Waals surface area contributed by atoms with E-state index in [2.05, 4.69) is 9.88 Å². The maximum absolute atomic E-state index is 5.72. The highest BCUT2D eigenvalue weighted by atomic mass is 35.5. The van der Waals surface area contributed by atoms with Crippen LogP contribution in [-0.4, -0.2) is 42.2 Å². The summed E-state index contributed by atoms with van der Waals surface area (Å²) < 4.78 is 7.01. The van der Waals surface area contributed by atoms with Crippen LogP contribution in [-0.2, 0) is 11.8 Å². The predicted molar refractivity (Wildman–Crippen MR) is 58.0 cm³/mol. The molecule has 0 N–H and O–H groups in total. The van der Waals surface area contributed by atoms with Crippen molar-refractivity contribution in [2.24, 2.45) is 7.05 Å². The van der Waals surface area contributed by atoms with Gasteiger partial charge >= 0.3 is 0 Å². The molecule has 0 bridgehead atoms. The van der Waals surface area contributed by atoms with Gasteiger partial charge in [0.1, 0.15) is 0 Å². The number of aryl methyl sites for hydroxylation is 1. The molecule has 0 saturated heterocycles. The van der Waals surface area contributed by atoms with Gasteiger partial charge in [0, 0.05) is 45.5 Å². The normalized spacial score (nSPS) is 10.5. The smallest absolute Gasteiger partial charge is 0.205 e. The second kappa shape index (κ2) is 5.88. The van der Waals surface area contributed by atoms with E-state index in [9.17, 15) is 0 Å². The molecule has 1 rings (SSSR count). The minimum Gasteiger partial charge on any atom is -0.383 e. The fraction of sp³-hybridized carbons (Fsp3) is 0.667. The largest absolute Gasteiger partial charge is 0.383 e. The first-order chi connectivity index (χ1) is 6.79. The van der Waals surface area contributed by atoms with Gasteiger partial charge in [-0.15, -0.1) is 11.6 Å². The average molecular weight is 218 g/mol. The van der Waals surface area contributed by atoms with Gasteiger partial charge in [0.2, 0.25) is 5.95 Å². The van der Waals surface area contributed by atoms with E-state index in [1.165, 1.54) is 0 Å². The summed E-state index contributed by atoms with van der Waals surface area (Å²) in [6, 6.07) is 0. The number of rotatable bonds is 6. The van der Waals surface area contributed by atoms with Gasteiger partial charge in [0.25, 0.3) is 0 Å². The number of nitrogens with zero attached hydrogens (tertiary/aromatic N) is 3. The first kappa shape index (κ1) is 11.3. The Morgan fingerprint density at radius 2 is 2.36 bits per heavy atom. The maximum atomic E-state index is 5.72. The third-order valence-corrected chi connectivity index (χ3v) is 2.17. The Bertz CT molecular complexity index is 264. The van der Waals surface area contributed by atoms with E-state index in [0.717, 1.165) is 19.0 Å². The van der Waals surface area contributed by atoms with E-state index in [1.807, 2.05) is 17.8 Å². The maximum Gasteiger partial charge on any atom is 0.205 e. The van der Waals surface area contributed by atoms with Crippen molar-refractivity contribution in [1.29, 1.82) is 0 Å². The molecule has 0 spiro atoms. The molecule has 0 unspecified atom stereocenters. The first-order valence-corrected chi connectivity index (χ1v) is 5.10. The number of methoxy groups -OCH3 is 1. The van der Waals surface area contributed by atoms with Gasteiger partial charge in [-0.1, -0.05) is 0 Å². The SMILES string of the molecule is COCCN(CCCl)c1nccn1C. The van der Waals surface area contributed by atoms with E-state index in [1.54, 1.807) is 13.3 Å². The lowest BCUT2D eigenvalue weighted by atomic mass is 10.5. The molecular formula is C9H16ClN3O. The van der Waals surface area contributed by atoms with Crippen LogP contribution in [0.5, 0.6) is 0 Å². The van der Waals surface area contributed by atoms with Crippen LogP contribution < -0.4 is 4.90 Å². The zero-order valence-corrected chi connectivity index (χ0v) is 9.37. The molecule has 0 saturated carbocycles. The fourth-order valence-corrected chi connectivity index (χ4v) is 1.48. The Labute approximate surface area is 89.4 Å². The zero-order valence-electron chi connectivity index (χ0n) is 8.61. The number of hydrogen-bond acceptors (Lipinski definition) is 3. The lowest BCUT2D eigenvalue weighted by Gasteiger charge is -2.22. The van der Waals surface area contributed by atoms with E-state index in [-0.39, 0.29) is 0 Å². The van der Waals surface area contributed by atoms with Gasteiger partial charge < -0.3 is 14.2 Å². The van der Waals surface area contributed by atoms with Crippen LogP contribution in [0.3, 0.4) is 0 Å². The molecule has 0 fully saturated rings. The lowest BCUT2D eigenvalue weighted by molar-refractivity contribution is 0.205. The second-order valence-corrected chi connectivity index (χ2v) is 3.38. The summed E-state index contributed by atoms with van der Waals surface area (Å²) in [6.45, 7) is 2.29. The molecule has 0 amide bonds.